The van der Waals surface area contributed by atoms with Gasteiger partial charge < -0.3 is 10.6 Å². The van der Waals surface area contributed by atoms with Crippen LogP contribution in [0.4, 0.5) is 10.1 Å². The lowest BCUT2D eigenvalue weighted by molar-refractivity contribution is -0.120. The summed E-state index contributed by atoms with van der Waals surface area (Å²) in [4.78, 5) is 25.2. The molecular formula is C20H17FN2O2S. The number of thiophene rings is 1. The number of carbonyl (C=O) groups is 2. The Bertz CT molecular complexity index is 892. The van der Waals surface area contributed by atoms with E-state index in [4.69, 9.17) is 0 Å². The van der Waals surface area contributed by atoms with E-state index in [2.05, 4.69) is 10.6 Å². The van der Waals surface area contributed by atoms with E-state index in [0.29, 0.717) is 12.2 Å². The average molecular weight is 368 g/mol. The molecule has 0 unspecified atom stereocenters. The highest BCUT2D eigenvalue weighted by Gasteiger charge is 2.08. The normalized spacial score (nSPS) is 10.3. The quantitative estimate of drug-likeness (QED) is 0.691. The Hall–Kier alpha value is -2.99. The minimum atomic E-state index is -0.457. The molecule has 3 aromatic rings. The van der Waals surface area contributed by atoms with Crippen LogP contribution in [0.15, 0.2) is 66.0 Å². The van der Waals surface area contributed by atoms with E-state index in [1.165, 1.54) is 18.2 Å². The standard InChI is InChI=1S/C20H17FN2O2S/c21-16-4-1-3-15(12-16)20(25)23-17-8-6-14(7-9-17)11-19(24)22-13-18-5-2-10-26-18/h1-10,12H,11,13H2,(H,22,24)(H,23,25). The number of nitrogens with one attached hydrogen (secondary N) is 2. The number of anilines is 1. The van der Waals surface area contributed by atoms with E-state index in [0.717, 1.165) is 10.4 Å². The number of carbonyl (C=O) groups excluding carboxylic acids is 2. The molecule has 0 aliphatic carbocycles. The second kappa shape index (κ2) is 8.40. The first-order valence-corrected chi connectivity index (χ1v) is 8.93. The molecule has 0 saturated carbocycles. The summed E-state index contributed by atoms with van der Waals surface area (Å²) < 4.78 is 13.2. The molecule has 0 saturated heterocycles. The molecule has 0 bridgehead atoms. The molecular weight excluding hydrogens is 351 g/mol. The Morgan fingerprint density at radius 3 is 2.50 bits per heavy atom. The summed E-state index contributed by atoms with van der Waals surface area (Å²) in [6.07, 6.45) is 0.267. The molecule has 4 nitrogen and oxygen atoms in total. The minimum Gasteiger partial charge on any atom is -0.351 e. The molecule has 0 aliphatic heterocycles. The van der Waals surface area contributed by atoms with E-state index in [1.54, 1.807) is 41.7 Å². The van der Waals surface area contributed by atoms with E-state index in [9.17, 15) is 14.0 Å². The van der Waals surface area contributed by atoms with Crippen molar-refractivity contribution in [1.29, 1.82) is 0 Å². The molecule has 2 amide bonds. The van der Waals surface area contributed by atoms with Gasteiger partial charge in [0.1, 0.15) is 5.82 Å². The van der Waals surface area contributed by atoms with Gasteiger partial charge >= 0.3 is 0 Å². The summed E-state index contributed by atoms with van der Waals surface area (Å²) in [5.41, 5.74) is 1.68. The van der Waals surface area contributed by atoms with Crippen LogP contribution in [0.1, 0.15) is 20.8 Å². The molecule has 2 N–H and O–H groups in total. The van der Waals surface area contributed by atoms with E-state index in [-0.39, 0.29) is 23.8 Å². The first-order chi connectivity index (χ1) is 12.6. The third kappa shape index (κ3) is 5.00. The molecule has 26 heavy (non-hydrogen) atoms. The zero-order chi connectivity index (χ0) is 18.4. The van der Waals surface area contributed by atoms with Gasteiger partial charge in [0.15, 0.2) is 0 Å². The Morgan fingerprint density at radius 2 is 1.81 bits per heavy atom. The largest absolute Gasteiger partial charge is 0.351 e. The lowest BCUT2D eigenvalue weighted by atomic mass is 10.1. The van der Waals surface area contributed by atoms with Crippen LogP contribution in [0, 0.1) is 5.82 Å². The summed E-state index contributed by atoms with van der Waals surface area (Å²) in [7, 11) is 0. The van der Waals surface area contributed by atoms with Crippen LogP contribution < -0.4 is 10.6 Å². The second-order valence-electron chi connectivity index (χ2n) is 5.69. The van der Waals surface area contributed by atoms with Gasteiger partial charge in [0.2, 0.25) is 5.91 Å². The fraction of sp³-hybridized carbons (Fsp3) is 0.100. The van der Waals surface area contributed by atoms with E-state index < -0.39 is 5.82 Å². The van der Waals surface area contributed by atoms with Crippen LogP contribution in [0.2, 0.25) is 0 Å². The van der Waals surface area contributed by atoms with Gasteiger partial charge in [-0.15, -0.1) is 11.3 Å². The van der Waals surface area contributed by atoms with Gasteiger partial charge in [0.25, 0.3) is 5.91 Å². The number of benzene rings is 2. The monoisotopic (exact) mass is 368 g/mol. The van der Waals surface area contributed by atoms with Crippen LogP contribution in [-0.2, 0) is 17.8 Å². The highest BCUT2D eigenvalue weighted by Crippen LogP contribution is 2.13. The molecule has 1 aromatic heterocycles. The fourth-order valence-electron chi connectivity index (χ4n) is 2.39. The van der Waals surface area contributed by atoms with Crippen molar-refractivity contribution in [3.8, 4) is 0 Å². The van der Waals surface area contributed by atoms with Crippen LogP contribution in [0.25, 0.3) is 0 Å². The van der Waals surface area contributed by atoms with Gasteiger partial charge in [-0.05, 0) is 47.3 Å². The first-order valence-electron chi connectivity index (χ1n) is 8.05. The topological polar surface area (TPSA) is 58.2 Å². The van der Waals surface area contributed by atoms with Crippen LogP contribution in [0.3, 0.4) is 0 Å². The lowest BCUT2D eigenvalue weighted by Gasteiger charge is -2.07. The van der Waals surface area contributed by atoms with Crippen LogP contribution in [0.5, 0.6) is 0 Å². The van der Waals surface area contributed by atoms with Gasteiger partial charge in [-0.1, -0.05) is 24.3 Å². The van der Waals surface area contributed by atoms with Gasteiger partial charge in [0.05, 0.1) is 13.0 Å². The van der Waals surface area contributed by atoms with E-state index in [1.807, 2.05) is 17.5 Å². The maximum absolute atomic E-state index is 13.2. The van der Waals surface area contributed by atoms with Crippen LogP contribution in [-0.4, -0.2) is 11.8 Å². The average Bonchev–Trinajstić information content (AvgIpc) is 3.15. The Kier molecular flexibility index (Phi) is 5.76. The van der Waals surface area contributed by atoms with Gasteiger partial charge in [-0.2, -0.15) is 0 Å². The van der Waals surface area contributed by atoms with Crippen molar-refractivity contribution in [2.45, 2.75) is 13.0 Å². The van der Waals surface area contributed by atoms with Crippen molar-refractivity contribution in [3.05, 3.63) is 87.9 Å². The minimum absolute atomic E-state index is 0.0602. The number of amides is 2. The molecule has 0 atom stereocenters. The molecule has 132 valence electrons. The highest BCUT2D eigenvalue weighted by atomic mass is 32.1. The molecule has 0 radical (unpaired) electrons. The van der Waals surface area contributed by atoms with Crippen molar-refractivity contribution >= 4 is 28.8 Å². The molecule has 1 heterocycles. The number of hydrogen-bond donors (Lipinski definition) is 2. The lowest BCUT2D eigenvalue weighted by Crippen LogP contribution is -2.24. The summed E-state index contributed by atoms with van der Waals surface area (Å²) >= 11 is 1.60. The summed E-state index contributed by atoms with van der Waals surface area (Å²) in [6, 6.07) is 16.4. The van der Waals surface area contributed by atoms with Crippen molar-refractivity contribution in [3.63, 3.8) is 0 Å². The Labute approximate surface area is 154 Å². The number of hydrogen-bond acceptors (Lipinski definition) is 3. The Morgan fingerprint density at radius 1 is 1.00 bits per heavy atom. The third-order valence-corrected chi connectivity index (χ3v) is 4.58. The second-order valence-corrected chi connectivity index (χ2v) is 6.73. The zero-order valence-corrected chi connectivity index (χ0v) is 14.7. The summed E-state index contributed by atoms with van der Waals surface area (Å²) in [5.74, 6) is -0.901. The number of rotatable bonds is 6. The maximum Gasteiger partial charge on any atom is 0.255 e. The van der Waals surface area contributed by atoms with Gasteiger partial charge in [0, 0.05) is 16.1 Å². The molecule has 6 heteroatoms. The molecule has 3 rings (SSSR count). The van der Waals surface area contributed by atoms with E-state index >= 15 is 0 Å². The summed E-state index contributed by atoms with van der Waals surface area (Å²) in [5, 5.41) is 7.55. The Balaban J connectivity index is 1.53. The molecule has 0 aliphatic rings. The summed E-state index contributed by atoms with van der Waals surface area (Å²) in [6.45, 7) is 0.526. The third-order valence-electron chi connectivity index (χ3n) is 3.70. The molecule has 0 spiro atoms. The predicted molar refractivity (Wildman–Crippen MR) is 101 cm³/mol. The molecule has 0 fully saturated rings. The zero-order valence-electron chi connectivity index (χ0n) is 13.9. The fourth-order valence-corrected chi connectivity index (χ4v) is 3.03. The predicted octanol–water partition coefficient (Wildman–Crippen LogP) is 4.00. The van der Waals surface area contributed by atoms with Crippen LogP contribution >= 0.6 is 11.3 Å². The van der Waals surface area contributed by atoms with Crippen molar-refractivity contribution in [1.82, 2.24) is 5.32 Å². The first kappa shape index (κ1) is 17.8. The smallest absolute Gasteiger partial charge is 0.255 e. The van der Waals surface area contributed by atoms with Crippen molar-refractivity contribution in [2.75, 3.05) is 5.32 Å². The SMILES string of the molecule is O=C(Cc1ccc(NC(=O)c2cccc(F)c2)cc1)NCc1cccs1. The maximum atomic E-state index is 13.2. The van der Waals surface area contributed by atoms with Gasteiger partial charge in [-0.3, -0.25) is 9.59 Å². The highest BCUT2D eigenvalue weighted by molar-refractivity contribution is 7.09. The van der Waals surface area contributed by atoms with Crippen molar-refractivity contribution in [2.24, 2.45) is 0 Å². The van der Waals surface area contributed by atoms with Gasteiger partial charge in [-0.25, -0.2) is 4.39 Å². The molecule has 2 aromatic carbocycles. The van der Waals surface area contributed by atoms with Crippen molar-refractivity contribution < 1.29 is 14.0 Å². The number of halogens is 1.